The molecule has 0 radical (unpaired) electrons. The first-order valence-corrected chi connectivity index (χ1v) is 9.78. The highest BCUT2D eigenvalue weighted by molar-refractivity contribution is 6.04. The number of carbonyl (C=O) groups excluding carboxylic acids is 1. The van der Waals surface area contributed by atoms with Gasteiger partial charge in [-0.25, -0.2) is 0 Å². The molecule has 1 atom stereocenters. The van der Waals surface area contributed by atoms with Gasteiger partial charge in [-0.15, -0.1) is 0 Å². The van der Waals surface area contributed by atoms with Crippen LogP contribution >= 0.6 is 0 Å². The van der Waals surface area contributed by atoms with Crippen LogP contribution in [0.4, 0.5) is 5.69 Å². The maximum absolute atomic E-state index is 12.4. The third-order valence-electron chi connectivity index (χ3n) is 4.78. The molecule has 2 aromatic rings. The Labute approximate surface area is 166 Å². The zero-order chi connectivity index (χ0) is 19.8. The molecule has 1 heterocycles. The summed E-state index contributed by atoms with van der Waals surface area (Å²) in [4.78, 5) is 14.7. The van der Waals surface area contributed by atoms with Crippen LogP contribution in [0, 0.1) is 0 Å². The van der Waals surface area contributed by atoms with Crippen molar-refractivity contribution >= 4 is 11.6 Å². The van der Waals surface area contributed by atoms with Crippen molar-refractivity contribution in [2.24, 2.45) is 0 Å². The summed E-state index contributed by atoms with van der Waals surface area (Å²) in [6, 6.07) is 14.5. The molecule has 1 amide bonds. The van der Waals surface area contributed by atoms with Crippen LogP contribution in [0.3, 0.4) is 0 Å². The molecule has 3 rings (SSSR count). The molecule has 6 nitrogen and oxygen atoms in total. The molecule has 0 saturated carbocycles. The van der Waals surface area contributed by atoms with Gasteiger partial charge in [0.25, 0.3) is 5.91 Å². The van der Waals surface area contributed by atoms with Crippen LogP contribution in [0.5, 0.6) is 5.75 Å². The summed E-state index contributed by atoms with van der Waals surface area (Å²) >= 11 is 0. The van der Waals surface area contributed by atoms with Crippen LogP contribution in [-0.2, 0) is 4.74 Å². The van der Waals surface area contributed by atoms with E-state index >= 15 is 0 Å². The van der Waals surface area contributed by atoms with Crippen LogP contribution in [0.15, 0.2) is 48.5 Å². The fraction of sp³-hybridized carbons (Fsp3) is 0.409. The van der Waals surface area contributed by atoms with E-state index < -0.39 is 6.10 Å². The minimum absolute atomic E-state index is 0.192. The van der Waals surface area contributed by atoms with E-state index in [4.69, 9.17) is 9.47 Å². The molecule has 0 aliphatic carbocycles. The third-order valence-corrected chi connectivity index (χ3v) is 4.78. The van der Waals surface area contributed by atoms with Crippen molar-refractivity contribution in [1.82, 2.24) is 4.90 Å². The first-order valence-electron chi connectivity index (χ1n) is 9.78. The van der Waals surface area contributed by atoms with Crippen molar-refractivity contribution in [3.05, 3.63) is 59.7 Å². The van der Waals surface area contributed by atoms with E-state index in [0.29, 0.717) is 30.0 Å². The van der Waals surface area contributed by atoms with Crippen LogP contribution in [0.25, 0.3) is 0 Å². The van der Waals surface area contributed by atoms with Gasteiger partial charge in [0.05, 0.1) is 25.9 Å². The van der Waals surface area contributed by atoms with Gasteiger partial charge in [0, 0.05) is 30.9 Å². The summed E-state index contributed by atoms with van der Waals surface area (Å²) in [5.74, 6) is 0.482. The predicted octanol–water partition coefficient (Wildman–Crippen LogP) is 3.09. The number of ether oxygens (including phenoxy) is 2. The third kappa shape index (κ3) is 5.79. The SMILES string of the molecule is CCOc1cccc(C(=O)Nc2ccc(C(O)CCN3CCOCC3)cc2)c1. The van der Waals surface area contributed by atoms with Crippen molar-refractivity contribution in [2.75, 3.05) is 44.8 Å². The number of nitrogens with one attached hydrogen (secondary N) is 1. The number of aliphatic hydroxyl groups is 1. The maximum atomic E-state index is 12.4. The molecule has 1 unspecified atom stereocenters. The Morgan fingerprint density at radius 3 is 2.68 bits per heavy atom. The molecule has 1 saturated heterocycles. The Kier molecular flexibility index (Phi) is 7.42. The number of rotatable bonds is 8. The number of nitrogens with zero attached hydrogens (tertiary/aromatic N) is 1. The second-order valence-electron chi connectivity index (χ2n) is 6.80. The second kappa shape index (κ2) is 10.2. The normalized spacial score (nSPS) is 15.8. The lowest BCUT2D eigenvalue weighted by Crippen LogP contribution is -2.37. The highest BCUT2D eigenvalue weighted by atomic mass is 16.5. The van der Waals surface area contributed by atoms with Gasteiger partial charge in [0.15, 0.2) is 0 Å². The molecule has 150 valence electrons. The molecule has 1 aliphatic rings. The zero-order valence-corrected chi connectivity index (χ0v) is 16.3. The van der Waals surface area contributed by atoms with E-state index in [1.807, 2.05) is 37.3 Å². The maximum Gasteiger partial charge on any atom is 0.255 e. The number of amides is 1. The first kappa shape index (κ1) is 20.3. The van der Waals surface area contributed by atoms with Gasteiger partial charge in [-0.1, -0.05) is 18.2 Å². The van der Waals surface area contributed by atoms with Gasteiger partial charge >= 0.3 is 0 Å². The molecule has 0 bridgehead atoms. The average molecular weight is 384 g/mol. The quantitative estimate of drug-likeness (QED) is 0.732. The lowest BCUT2D eigenvalue weighted by atomic mass is 10.1. The largest absolute Gasteiger partial charge is 0.494 e. The minimum atomic E-state index is -0.518. The minimum Gasteiger partial charge on any atom is -0.494 e. The lowest BCUT2D eigenvalue weighted by Gasteiger charge is -2.27. The molecule has 0 spiro atoms. The van der Waals surface area contributed by atoms with Crippen LogP contribution in [-0.4, -0.2) is 55.4 Å². The van der Waals surface area contributed by atoms with Crippen molar-refractivity contribution in [3.63, 3.8) is 0 Å². The van der Waals surface area contributed by atoms with Crippen LogP contribution < -0.4 is 10.1 Å². The number of hydrogen-bond donors (Lipinski definition) is 2. The Hall–Kier alpha value is -2.41. The van der Waals surface area contributed by atoms with E-state index in [0.717, 1.165) is 38.4 Å². The van der Waals surface area contributed by atoms with E-state index in [1.54, 1.807) is 18.2 Å². The molecule has 2 aromatic carbocycles. The molecule has 0 aromatic heterocycles. The molecular formula is C22H28N2O4. The first-order chi connectivity index (χ1) is 13.7. The summed E-state index contributed by atoms with van der Waals surface area (Å²) in [5, 5.41) is 13.3. The average Bonchev–Trinajstić information content (AvgIpc) is 2.74. The number of anilines is 1. The van der Waals surface area contributed by atoms with Crippen molar-refractivity contribution in [3.8, 4) is 5.75 Å². The molecule has 28 heavy (non-hydrogen) atoms. The summed E-state index contributed by atoms with van der Waals surface area (Å²) in [7, 11) is 0. The highest BCUT2D eigenvalue weighted by Crippen LogP contribution is 2.21. The summed E-state index contributed by atoms with van der Waals surface area (Å²) < 4.78 is 10.8. The fourth-order valence-corrected chi connectivity index (χ4v) is 3.18. The van der Waals surface area contributed by atoms with Gasteiger partial charge in [-0.05, 0) is 49.2 Å². The summed E-state index contributed by atoms with van der Waals surface area (Å²) in [6.07, 6.45) is 0.158. The molecular weight excluding hydrogens is 356 g/mol. The standard InChI is InChI=1S/C22H28N2O4/c1-2-28-20-5-3-4-18(16-20)22(26)23-19-8-6-17(7-9-19)21(25)10-11-24-12-14-27-15-13-24/h3-9,16,21,25H,2,10-15H2,1H3,(H,23,26). The second-order valence-corrected chi connectivity index (χ2v) is 6.80. The van der Waals surface area contributed by atoms with Gasteiger partial charge in [0.1, 0.15) is 5.75 Å². The van der Waals surface area contributed by atoms with Crippen LogP contribution in [0.2, 0.25) is 0 Å². The molecule has 6 heteroatoms. The Bertz CT molecular complexity index is 757. The van der Waals surface area contributed by atoms with Crippen LogP contribution in [0.1, 0.15) is 35.4 Å². The highest BCUT2D eigenvalue weighted by Gasteiger charge is 2.14. The zero-order valence-electron chi connectivity index (χ0n) is 16.3. The van der Waals surface area contributed by atoms with Crippen molar-refractivity contribution in [2.45, 2.75) is 19.4 Å². The Balaban J connectivity index is 1.53. The van der Waals surface area contributed by atoms with E-state index in [2.05, 4.69) is 10.2 Å². The number of hydrogen-bond acceptors (Lipinski definition) is 5. The molecule has 1 fully saturated rings. The van der Waals surface area contributed by atoms with Crippen molar-refractivity contribution in [1.29, 1.82) is 0 Å². The van der Waals surface area contributed by atoms with E-state index in [-0.39, 0.29) is 5.91 Å². The van der Waals surface area contributed by atoms with Gasteiger partial charge in [-0.2, -0.15) is 0 Å². The van der Waals surface area contributed by atoms with E-state index in [9.17, 15) is 9.90 Å². The van der Waals surface area contributed by atoms with Gasteiger partial charge in [-0.3, -0.25) is 9.69 Å². The van der Waals surface area contributed by atoms with Gasteiger partial charge < -0.3 is 19.9 Å². The summed E-state index contributed by atoms with van der Waals surface area (Å²) in [5.41, 5.74) is 2.08. The van der Waals surface area contributed by atoms with Gasteiger partial charge in [0.2, 0.25) is 0 Å². The topological polar surface area (TPSA) is 71.0 Å². The fourth-order valence-electron chi connectivity index (χ4n) is 3.18. The summed E-state index contributed by atoms with van der Waals surface area (Å²) in [6.45, 7) is 6.67. The number of morpholine rings is 1. The Morgan fingerprint density at radius 1 is 1.21 bits per heavy atom. The van der Waals surface area contributed by atoms with Crippen molar-refractivity contribution < 1.29 is 19.4 Å². The number of carbonyl (C=O) groups is 1. The Morgan fingerprint density at radius 2 is 1.96 bits per heavy atom. The predicted molar refractivity (Wildman–Crippen MR) is 109 cm³/mol. The molecule has 1 aliphatic heterocycles. The number of aliphatic hydroxyl groups excluding tert-OH is 1. The monoisotopic (exact) mass is 384 g/mol. The smallest absolute Gasteiger partial charge is 0.255 e. The molecule has 2 N–H and O–H groups in total. The van der Waals surface area contributed by atoms with E-state index in [1.165, 1.54) is 0 Å². The number of benzene rings is 2. The lowest BCUT2D eigenvalue weighted by molar-refractivity contribution is 0.0300.